The van der Waals surface area contributed by atoms with Crippen molar-refractivity contribution in [1.82, 2.24) is 9.36 Å². The Bertz CT molecular complexity index is 711. The van der Waals surface area contributed by atoms with Gasteiger partial charge in [-0.25, -0.2) is 8.42 Å². The molecule has 0 aromatic carbocycles. The number of nitrogens with zero attached hydrogens (tertiary/aromatic N) is 3. The topological polar surface area (TPSA) is 72.4 Å². The van der Waals surface area contributed by atoms with E-state index in [-0.39, 0.29) is 4.21 Å². The van der Waals surface area contributed by atoms with Crippen LogP contribution in [-0.4, -0.2) is 31.4 Å². The van der Waals surface area contributed by atoms with Gasteiger partial charge in [0.15, 0.2) is 4.21 Å². The first-order chi connectivity index (χ1) is 9.13. The monoisotopic (exact) mass is 297 g/mol. The van der Waals surface area contributed by atoms with Gasteiger partial charge in [-0.05, 0) is 29.6 Å². The van der Waals surface area contributed by atoms with Crippen LogP contribution in [0.15, 0.2) is 28.7 Å². The summed E-state index contributed by atoms with van der Waals surface area (Å²) in [7, 11) is -2.10. The van der Waals surface area contributed by atoms with Gasteiger partial charge in [0.05, 0.1) is 12.8 Å². The summed E-state index contributed by atoms with van der Waals surface area (Å²) in [4.78, 5) is 4.01. The molecule has 1 aliphatic heterocycles. The molecule has 8 heteroatoms. The molecule has 2 aromatic rings. The Morgan fingerprint density at radius 1 is 1.47 bits per heavy atom. The summed E-state index contributed by atoms with van der Waals surface area (Å²) in [5.74, 6) is 0.317. The van der Waals surface area contributed by atoms with Crippen molar-refractivity contribution < 1.29 is 13.2 Å². The van der Waals surface area contributed by atoms with Crippen LogP contribution in [0, 0.1) is 0 Å². The summed E-state index contributed by atoms with van der Waals surface area (Å²) in [6.45, 7) is 0.434. The molecule has 0 amide bonds. The van der Waals surface area contributed by atoms with Crippen LogP contribution in [0.25, 0.3) is 0 Å². The normalized spacial score (nSPS) is 14.5. The minimum Gasteiger partial charge on any atom is -0.480 e. The maximum Gasteiger partial charge on any atom is 0.275 e. The average molecular weight is 297 g/mol. The molecule has 2 aromatic heterocycles. The van der Waals surface area contributed by atoms with Crippen molar-refractivity contribution in [3.8, 4) is 5.88 Å². The Labute approximate surface area is 114 Å². The Hall–Kier alpha value is -1.67. The molecule has 0 spiro atoms. The average Bonchev–Trinajstić information content (AvgIpc) is 3.06. The number of pyridine rings is 1. The Balaban J connectivity index is 2.03. The van der Waals surface area contributed by atoms with E-state index in [1.54, 1.807) is 18.5 Å². The van der Waals surface area contributed by atoms with Gasteiger partial charge < -0.3 is 4.74 Å². The number of hydrogen-bond donors (Lipinski definition) is 0. The molecular weight excluding hydrogens is 286 g/mol. The lowest BCUT2D eigenvalue weighted by Gasteiger charge is -2.17. The second-order valence-electron chi connectivity index (χ2n) is 4.02. The van der Waals surface area contributed by atoms with Gasteiger partial charge in [0, 0.05) is 25.0 Å². The first-order valence-corrected chi connectivity index (χ1v) is 7.80. The molecule has 0 atom stereocenters. The molecule has 0 N–H and O–H groups in total. The Morgan fingerprint density at radius 2 is 2.32 bits per heavy atom. The summed E-state index contributed by atoms with van der Waals surface area (Å²) >= 11 is 0.922. The number of hydrogen-bond acceptors (Lipinski definition) is 6. The predicted molar refractivity (Wildman–Crippen MR) is 71.1 cm³/mol. The highest BCUT2D eigenvalue weighted by Crippen LogP contribution is 2.34. The molecule has 0 saturated carbocycles. The summed E-state index contributed by atoms with van der Waals surface area (Å²) in [6.07, 6.45) is 3.98. The van der Waals surface area contributed by atoms with Gasteiger partial charge in [0.25, 0.3) is 10.0 Å². The smallest absolute Gasteiger partial charge is 0.275 e. The van der Waals surface area contributed by atoms with Crippen molar-refractivity contribution in [2.75, 3.05) is 18.0 Å². The van der Waals surface area contributed by atoms with Gasteiger partial charge in [-0.2, -0.15) is 4.37 Å². The Morgan fingerprint density at radius 3 is 3.05 bits per heavy atom. The quantitative estimate of drug-likeness (QED) is 0.854. The lowest BCUT2D eigenvalue weighted by molar-refractivity contribution is 0.402. The van der Waals surface area contributed by atoms with Gasteiger partial charge in [-0.3, -0.25) is 9.29 Å². The van der Waals surface area contributed by atoms with Crippen LogP contribution >= 0.6 is 11.5 Å². The van der Waals surface area contributed by atoms with Gasteiger partial charge in [0.1, 0.15) is 0 Å². The molecule has 0 fully saturated rings. The zero-order chi connectivity index (χ0) is 13.5. The van der Waals surface area contributed by atoms with E-state index in [0.717, 1.165) is 17.1 Å². The fourth-order valence-corrected chi connectivity index (χ4v) is 4.47. The van der Waals surface area contributed by atoms with Gasteiger partial charge >= 0.3 is 0 Å². The lowest BCUT2D eigenvalue weighted by Crippen LogP contribution is -2.28. The second-order valence-corrected chi connectivity index (χ2v) is 6.91. The highest BCUT2D eigenvalue weighted by Gasteiger charge is 2.32. The van der Waals surface area contributed by atoms with Crippen LogP contribution < -0.4 is 9.04 Å². The number of anilines is 1. The summed E-state index contributed by atoms with van der Waals surface area (Å²) in [5.41, 5.74) is 1.64. The van der Waals surface area contributed by atoms with Crippen molar-refractivity contribution in [1.29, 1.82) is 0 Å². The van der Waals surface area contributed by atoms with E-state index in [1.165, 1.54) is 17.5 Å². The molecule has 100 valence electrons. The number of ether oxygens (including phenoxy) is 1. The van der Waals surface area contributed by atoms with Gasteiger partial charge in [-0.15, -0.1) is 0 Å². The van der Waals surface area contributed by atoms with E-state index in [9.17, 15) is 8.42 Å². The molecule has 0 unspecified atom stereocenters. The van der Waals surface area contributed by atoms with Crippen LogP contribution in [0.1, 0.15) is 5.56 Å². The summed E-state index contributed by atoms with van der Waals surface area (Å²) in [6, 6.07) is 3.16. The minimum atomic E-state index is -3.56. The largest absolute Gasteiger partial charge is 0.480 e. The highest BCUT2D eigenvalue weighted by molar-refractivity contribution is 7.94. The molecule has 1 aliphatic rings. The van der Waals surface area contributed by atoms with Crippen molar-refractivity contribution in [3.63, 3.8) is 0 Å². The number of methoxy groups -OCH3 is 1. The predicted octanol–water partition coefficient (Wildman–Crippen LogP) is 1.30. The van der Waals surface area contributed by atoms with Crippen LogP contribution in [0.5, 0.6) is 5.88 Å². The first-order valence-electron chi connectivity index (χ1n) is 5.59. The third-order valence-corrected chi connectivity index (χ3v) is 5.96. The summed E-state index contributed by atoms with van der Waals surface area (Å²) in [5, 5.41) is 0. The molecule has 3 rings (SSSR count). The first kappa shape index (κ1) is 12.4. The lowest BCUT2D eigenvalue weighted by atomic mass is 10.2. The Kier molecular flexibility index (Phi) is 2.90. The maximum atomic E-state index is 12.5. The highest BCUT2D eigenvalue weighted by atomic mass is 32.2. The molecule has 0 bridgehead atoms. The number of fused-ring (bicyclic) bond motifs is 1. The molecule has 19 heavy (non-hydrogen) atoms. The molecule has 0 aliphatic carbocycles. The van der Waals surface area contributed by atoms with Crippen LogP contribution in [0.2, 0.25) is 0 Å². The van der Waals surface area contributed by atoms with E-state index < -0.39 is 10.0 Å². The molecule has 3 heterocycles. The number of sulfonamides is 1. The van der Waals surface area contributed by atoms with Crippen LogP contribution in [-0.2, 0) is 16.4 Å². The van der Waals surface area contributed by atoms with Crippen molar-refractivity contribution in [3.05, 3.63) is 30.1 Å². The van der Waals surface area contributed by atoms with Crippen LogP contribution in [0.3, 0.4) is 0 Å². The maximum absolute atomic E-state index is 12.5. The molecule has 0 saturated heterocycles. The van der Waals surface area contributed by atoms with Gasteiger partial charge in [-0.1, -0.05) is 0 Å². The number of aromatic nitrogens is 2. The molecular formula is C11H11N3O3S2. The SMILES string of the molecule is COc1cc(S(=O)(=O)N2CCc3cnccc32)sn1. The van der Waals surface area contributed by atoms with E-state index in [0.29, 0.717) is 24.5 Å². The van der Waals surface area contributed by atoms with E-state index in [2.05, 4.69) is 9.36 Å². The third kappa shape index (κ3) is 1.96. The second kappa shape index (κ2) is 4.46. The van der Waals surface area contributed by atoms with Crippen molar-refractivity contribution >= 4 is 27.2 Å². The van der Waals surface area contributed by atoms with Gasteiger partial charge in [0.2, 0.25) is 5.88 Å². The molecule has 0 radical (unpaired) electrons. The third-order valence-electron chi connectivity index (χ3n) is 2.95. The minimum absolute atomic E-state index is 0.189. The van der Waals surface area contributed by atoms with E-state index in [4.69, 9.17) is 4.74 Å². The fourth-order valence-electron chi connectivity index (χ4n) is 2.02. The van der Waals surface area contributed by atoms with Crippen molar-refractivity contribution in [2.45, 2.75) is 10.6 Å². The van der Waals surface area contributed by atoms with Crippen LogP contribution in [0.4, 0.5) is 5.69 Å². The summed E-state index contributed by atoms with van der Waals surface area (Å²) < 4.78 is 35.5. The standard InChI is InChI=1S/C11H11N3O3S2/c1-17-10-6-11(18-13-10)19(15,16)14-5-3-8-7-12-4-2-9(8)14/h2,4,6-7H,3,5H2,1H3. The fraction of sp³-hybridized carbons (Fsp3) is 0.273. The van der Waals surface area contributed by atoms with E-state index >= 15 is 0 Å². The van der Waals surface area contributed by atoms with E-state index in [1.807, 2.05) is 0 Å². The zero-order valence-electron chi connectivity index (χ0n) is 10.1. The van der Waals surface area contributed by atoms with Crippen molar-refractivity contribution in [2.24, 2.45) is 0 Å². The molecule has 6 nitrogen and oxygen atoms in total. The zero-order valence-corrected chi connectivity index (χ0v) is 11.7. The number of rotatable bonds is 3.